The number of amides is 2. The zero-order valence-corrected chi connectivity index (χ0v) is 18.5. The summed E-state index contributed by atoms with van der Waals surface area (Å²) in [5, 5.41) is 4.14. The highest BCUT2D eigenvalue weighted by Crippen LogP contribution is 2.22. The first-order valence-corrected chi connectivity index (χ1v) is 11.4. The van der Waals surface area contributed by atoms with E-state index in [2.05, 4.69) is 34.1 Å². The second-order valence-electron chi connectivity index (χ2n) is 8.58. The van der Waals surface area contributed by atoms with Crippen LogP contribution in [0.15, 0.2) is 84.9 Å². The largest absolute Gasteiger partial charge is 0.347 e. The molecule has 2 heterocycles. The molecular formula is C28H27N3O2. The molecule has 33 heavy (non-hydrogen) atoms. The van der Waals surface area contributed by atoms with E-state index in [1.807, 2.05) is 65.6 Å². The van der Waals surface area contributed by atoms with E-state index in [4.69, 9.17) is 0 Å². The number of para-hydroxylation sites is 1. The molecule has 3 aromatic carbocycles. The third-order valence-electron chi connectivity index (χ3n) is 6.22. The molecule has 1 fully saturated rings. The van der Waals surface area contributed by atoms with Gasteiger partial charge in [-0.3, -0.25) is 9.59 Å². The number of benzene rings is 3. The molecule has 0 radical (unpaired) electrons. The highest BCUT2D eigenvalue weighted by molar-refractivity contribution is 5.98. The Kier molecular flexibility index (Phi) is 5.94. The Morgan fingerprint density at radius 3 is 2.39 bits per heavy atom. The molecule has 0 atom stereocenters. The molecule has 0 aliphatic carbocycles. The lowest BCUT2D eigenvalue weighted by Crippen LogP contribution is -2.26. The van der Waals surface area contributed by atoms with E-state index in [1.54, 1.807) is 0 Å². The van der Waals surface area contributed by atoms with Crippen LogP contribution in [-0.4, -0.2) is 27.8 Å². The SMILES string of the molecule is O=C(NCc1cccc(CN2CCCC2=O)c1)c1cc2ccccc2n1Cc1ccccc1. The second kappa shape index (κ2) is 9.33. The zero-order chi connectivity index (χ0) is 22.6. The lowest BCUT2D eigenvalue weighted by Gasteiger charge is -2.16. The van der Waals surface area contributed by atoms with Gasteiger partial charge in [-0.05, 0) is 35.2 Å². The van der Waals surface area contributed by atoms with E-state index in [1.165, 1.54) is 0 Å². The number of carbonyl (C=O) groups excluding carboxylic acids is 2. The van der Waals surface area contributed by atoms with E-state index >= 15 is 0 Å². The van der Waals surface area contributed by atoms with Gasteiger partial charge in [0.2, 0.25) is 5.91 Å². The normalized spacial score (nSPS) is 13.6. The summed E-state index contributed by atoms with van der Waals surface area (Å²) in [6, 6.07) is 28.3. The van der Waals surface area contributed by atoms with Crippen molar-refractivity contribution in [3.8, 4) is 0 Å². The van der Waals surface area contributed by atoms with Gasteiger partial charge in [-0.1, -0.05) is 72.8 Å². The van der Waals surface area contributed by atoms with Crippen molar-refractivity contribution in [1.82, 2.24) is 14.8 Å². The van der Waals surface area contributed by atoms with Crippen molar-refractivity contribution in [2.75, 3.05) is 6.54 Å². The molecule has 1 aliphatic rings. The molecule has 0 spiro atoms. The van der Waals surface area contributed by atoms with Crippen molar-refractivity contribution in [1.29, 1.82) is 0 Å². The molecule has 5 rings (SSSR count). The first-order valence-electron chi connectivity index (χ1n) is 11.4. The van der Waals surface area contributed by atoms with Crippen LogP contribution in [0.4, 0.5) is 0 Å². The first kappa shape index (κ1) is 21.0. The molecule has 5 heteroatoms. The van der Waals surface area contributed by atoms with Crippen molar-refractivity contribution >= 4 is 22.7 Å². The van der Waals surface area contributed by atoms with Gasteiger partial charge in [-0.25, -0.2) is 0 Å². The van der Waals surface area contributed by atoms with E-state index in [-0.39, 0.29) is 11.8 Å². The fraction of sp³-hybridized carbons (Fsp3) is 0.214. The molecule has 1 N–H and O–H groups in total. The average molecular weight is 438 g/mol. The fourth-order valence-electron chi connectivity index (χ4n) is 4.54. The Balaban J connectivity index is 1.33. The summed E-state index contributed by atoms with van der Waals surface area (Å²) in [5.74, 6) is 0.127. The van der Waals surface area contributed by atoms with Crippen LogP contribution < -0.4 is 5.32 Å². The van der Waals surface area contributed by atoms with Crippen molar-refractivity contribution in [2.24, 2.45) is 0 Å². The summed E-state index contributed by atoms with van der Waals surface area (Å²) >= 11 is 0. The maximum Gasteiger partial charge on any atom is 0.268 e. The molecule has 5 nitrogen and oxygen atoms in total. The standard InChI is InChI=1S/C28H27N3O2/c32-27-14-7-15-30(27)19-23-11-6-10-22(16-23)18-29-28(33)26-17-24-12-4-5-13-25(24)31(26)20-21-8-2-1-3-9-21/h1-6,8-13,16-17H,7,14-15,18-20H2,(H,29,33). The molecular weight excluding hydrogens is 410 g/mol. The topological polar surface area (TPSA) is 54.3 Å². The Labute approximate surface area is 193 Å². The third-order valence-corrected chi connectivity index (χ3v) is 6.22. The third kappa shape index (κ3) is 4.67. The lowest BCUT2D eigenvalue weighted by atomic mass is 10.1. The highest BCUT2D eigenvalue weighted by atomic mass is 16.2. The van der Waals surface area contributed by atoms with Gasteiger partial charge >= 0.3 is 0 Å². The predicted octanol–water partition coefficient (Wildman–Crippen LogP) is 4.74. The van der Waals surface area contributed by atoms with Crippen molar-refractivity contribution in [3.63, 3.8) is 0 Å². The maximum absolute atomic E-state index is 13.2. The smallest absolute Gasteiger partial charge is 0.268 e. The number of nitrogens with zero attached hydrogens (tertiary/aromatic N) is 2. The molecule has 1 aromatic heterocycles. The predicted molar refractivity (Wildman–Crippen MR) is 130 cm³/mol. The Morgan fingerprint density at radius 1 is 0.818 bits per heavy atom. The van der Waals surface area contributed by atoms with Crippen LogP contribution in [0.25, 0.3) is 10.9 Å². The number of fused-ring (bicyclic) bond motifs is 1. The van der Waals surface area contributed by atoms with Crippen molar-refractivity contribution in [3.05, 3.63) is 107 Å². The number of nitrogens with one attached hydrogen (secondary N) is 1. The summed E-state index contributed by atoms with van der Waals surface area (Å²) in [6.07, 6.45) is 1.58. The van der Waals surface area contributed by atoms with E-state index < -0.39 is 0 Å². The zero-order valence-electron chi connectivity index (χ0n) is 18.5. The monoisotopic (exact) mass is 437 g/mol. The van der Waals surface area contributed by atoms with Gasteiger partial charge in [-0.2, -0.15) is 0 Å². The Morgan fingerprint density at radius 2 is 1.58 bits per heavy atom. The number of carbonyl (C=O) groups is 2. The van der Waals surface area contributed by atoms with E-state index in [0.717, 1.165) is 40.6 Å². The van der Waals surface area contributed by atoms with Crippen LogP contribution in [0.2, 0.25) is 0 Å². The minimum absolute atomic E-state index is 0.0951. The molecule has 2 amide bonds. The second-order valence-corrected chi connectivity index (χ2v) is 8.58. The molecule has 1 aliphatic heterocycles. The van der Waals surface area contributed by atoms with Crippen LogP contribution >= 0.6 is 0 Å². The van der Waals surface area contributed by atoms with Crippen LogP contribution in [0.5, 0.6) is 0 Å². The molecule has 1 saturated heterocycles. The minimum Gasteiger partial charge on any atom is -0.347 e. The van der Waals surface area contributed by atoms with Crippen molar-refractivity contribution in [2.45, 2.75) is 32.5 Å². The summed E-state index contributed by atoms with van der Waals surface area (Å²) in [5.41, 5.74) is 4.97. The number of hydrogen-bond donors (Lipinski definition) is 1. The number of likely N-dealkylation sites (tertiary alicyclic amines) is 1. The van der Waals surface area contributed by atoms with Gasteiger partial charge in [0, 0.05) is 43.5 Å². The molecule has 0 saturated carbocycles. The summed E-state index contributed by atoms with van der Waals surface area (Å²) in [6.45, 7) is 2.53. The summed E-state index contributed by atoms with van der Waals surface area (Å²) in [7, 11) is 0. The number of rotatable bonds is 7. The quantitative estimate of drug-likeness (QED) is 0.454. The highest BCUT2D eigenvalue weighted by Gasteiger charge is 2.20. The van der Waals surface area contributed by atoms with Crippen LogP contribution in [0.1, 0.15) is 40.0 Å². The van der Waals surface area contributed by atoms with E-state index in [0.29, 0.717) is 31.7 Å². The van der Waals surface area contributed by atoms with Gasteiger partial charge in [0.15, 0.2) is 0 Å². The number of hydrogen-bond acceptors (Lipinski definition) is 2. The molecule has 4 aromatic rings. The van der Waals surface area contributed by atoms with Gasteiger partial charge < -0.3 is 14.8 Å². The maximum atomic E-state index is 13.2. The van der Waals surface area contributed by atoms with Gasteiger partial charge in [0.25, 0.3) is 5.91 Å². The molecule has 0 unspecified atom stereocenters. The van der Waals surface area contributed by atoms with Gasteiger partial charge in [-0.15, -0.1) is 0 Å². The van der Waals surface area contributed by atoms with Crippen LogP contribution in [-0.2, 0) is 24.4 Å². The van der Waals surface area contributed by atoms with Crippen molar-refractivity contribution < 1.29 is 9.59 Å². The molecule has 0 bridgehead atoms. The lowest BCUT2D eigenvalue weighted by molar-refractivity contribution is -0.128. The minimum atomic E-state index is -0.0951. The summed E-state index contributed by atoms with van der Waals surface area (Å²) < 4.78 is 2.08. The Hall–Kier alpha value is -3.86. The summed E-state index contributed by atoms with van der Waals surface area (Å²) in [4.78, 5) is 27.1. The van der Waals surface area contributed by atoms with Gasteiger partial charge in [0.1, 0.15) is 5.69 Å². The first-order chi connectivity index (χ1) is 16.2. The average Bonchev–Trinajstić information content (AvgIpc) is 3.42. The Bertz CT molecular complexity index is 1290. The van der Waals surface area contributed by atoms with Gasteiger partial charge in [0.05, 0.1) is 0 Å². The van der Waals surface area contributed by atoms with Crippen LogP contribution in [0, 0.1) is 0 Å². The van der Waals surface area contributed by atoms with E-state index in [9.17, 15) is 9.59 Å². The fourth-order valence-corrected chi connectivity index (χ4v) is 4.54. The van der Waals surface area contributed by atoms with Crippen LogP contribution in [0.3, 0.4) is 0 Å². The number of aromatic nitrogens is 1. The molecule has 166 valence electrons.